The molecule has 1 N–H and O–H groups in total. The van der Waals surface area contributed by atoms with Gasteiger partial charge >= 0.3 is 0 Å². The summed E-state index contributed by atoms with van der Waals surface area (Å²) in [6, 6.07) is 9.66. The van der Waals surface area contributed by atoms with Crippen molar-refractivity contribution in [1.29, 1.82) is 0 Å². The molecule has 0 fully saturated rings. The topological polar surface area (TPSA) is 99.7 Å². The lowest BCUT2D eigenvalue weighted by Crippen LogP contribution is -2.26. The molecule has 0 bridgehead atoms. The van der Waals surface area contributed by atoms with Gasteiger partial charge in [-0.3, -0.25) is 4.72 Å². The van der Waals surface area contributed by atoms with Crippen molar-refractivity contribution in [3.05, 3.63) is 42.6 Å². The zero-order chi connectivity index (χ0) is 21.7. The second kappa shape index (κ2) is 9.55. The van der Waals surface area contributed by atoms with E-state index in [1.54, 1.807) is 12.1 Å². The van der Waals surface area contributed by atoms with Crippen LogP contribution in [0.2, 0.25) is 0 Å². The Balaban J connectivity index is 2.35. The molecule has 8 nitrogen and oxygen atoms in total. The van der Waals surface area contributed by atoms with E-state index in [-0.39, 0.29) is 9.92 Å². The average Bonchev–Trinajstić information content (AvgIpc) is 2.68. The first-order valence-electron chi connectivity index (χ1n) is 9.38. The van der Waals surface area contributed by atoms with Gasteiger partial charge in [0.1, 0.15) is 4.90 Å². The largest absolute Gasteiger partial charge is 0.370 e. The molecule has 0 saturated carbocycles. The van der Waals surface area contributed by atoms with Crippen molar-refractivity contribution < 1.29 is 16.8 Å². The van der Waals surface area contributed by atoms with Crippen LogP contribution in [0.3, 0.4) is 0 Å². The zero-order valence-electron chi connectivity index (χ0n) is 17.2. The molecule has 160 valence electrons. The van der Waals surface area contributed by atoms with Crippen LogP contribution in [0, 0.1) is 0 Å². The molecule has 1 heterocycles. The summed E-state index contributed by atoms with van der Waals surface area (Å²) < 4.78 is 53.6. The summed E-state index contributed by atoms with van der Waals surface area (Å²) in [5, 5.41) is -0.209. The molecule has 10 heteroatoms. The minimum atomic E-state index is -3.93. The van der Waals surface area contributed by atoms with Crippen molar-refractivity contribution in [3.8, 4) is 0 Å². The second-order valence-corrected chi connectivity index (χ2v) is 10.5. The number of para-hydroxylation sites is 2. The van der Waals surface area contributed by atoms with Gasteiger partial charge in [0.05, 0.1) is 11.4 Å². The molecule has 0 amide bonds. The number of rotatable bonds is 10. The number of pyridine rings is 1. The molecule has 1 aromatic heterocycles. The number of sulfonamides is 2. The Morgan fingerprint density at radius 2 is 1.55 bits per heavy atom. The smallest absolute Gasteiger partial charge is 0.263 e. The highest BCUT2D eigenvalue weighted by atomic mass is 32.2. The second-order valence-electron chi connectivity index (χ2n) is 6.73. The molecular weight excluding hydrogens is 412 g/mol. The zero-order valence-corrected chi connectivity index (χ0v) is 18.8. The van der Waals surface area contributed by atoms with Crippen LogP contribution in [-0.2, 0) is 20.0 Å². The van der Waals surface area contributed by atoms with E-state index in [9.17, 15) is 16.8 Å². The van der Waals surface area contributed by atoms with Gasteiger partial charge in [-0.2, -0.15) is 0 Å². The van der Waals surface area contributed by atoms with Crippen LogP contribution in [0.4, 0.5) is 11.4 Å². The summed E-state index contributed by atoms with van der Waals surface area (Å²) in [4.78, 5) is 5.87. The van der Waals surface area contributed by atoms with Gasteiger partial charge in [0, 0.05) is 33.4 Å². The highest BCUT2D eigenvalue weighted by Crippen LogP contribution is 2.28. The van der Waals surface area contributed by atoms with Crippen molar-refractivity contribution in [2.75, 3.05) is 36.8 Å². The molecule has 0 saturated heterocycles. The number of nitrogens with zero attached hydrogens (tertiary/aromatic N) is 3. The molecule has 0 aliphatic heterocycles. The van der Waals surface area contributed by atoms with Crippen LogP contribution in [0.25, 0.3) is 0 Å². The van der Waals surface area contributed by atoms with Crippen LogP contribution >= 0.6 is 0 Å². The monoisotopic (exact) mass is 440 g/mol. The van der Waals surface area contributed by atoms with Crippen LogP contribution in [0.5, 0.6) is 0 Å². The molecule has 0 spiro atoms. The number of hydrogen-bond acceptors (Lipinski definition) is 6. The molecule has 0 aliphatic carbocycles. The number of anilines is 2. The lowest BCUT2D eigenvalue weighted by Gasteiger charge is -2.26. The van der Waals surface area contributed by atoms with E-state index in [0.29, 0.717) is 5.69 Å². The fourth-order valence-electron chi connectivity index (χ4n) is 2.80. The lowest BCUT2D eigenvalue weighted by atomic mass is 10.2. The van der Waals surface area contributed by atoms with E-state index < -0.39 is 20.0 Å². The minimum absolute atomic E-state index is 0.109. The number of hydrogen-bond donors (Lipinski definition) is 1. The van der Waals surface area contributed by atoms with E-state index in [4.69, 9.17) is 0 Å². The highest BCUT2D eigenvalue weighted by molar-refractivity contribution is 7.92. The van der Waals surface area contributed by atoms with Crippen LogP contribution in [0.15, 0.2) is 52.5 Å². The molecule has 0 radical (unpaired) electrons. The quantitative estimate of drug-likeness (QED) is 0.610. The molecule has 29 heavy (non-hydrogen) atoms. The Hall–Kier alpha value is -2.17. The van der Waals surface area contributed by atoms with Gasteiger partial charge in [0.15, 0.2) is 5.03 Å². The molecule has 0 unspecified atom stereocenters. The Bertz CT molecular complexity index is 1010. The van der Waals surface area contributed by atoms with E-state index in [2.05, 4.69) is 28.5 Å². The van der Waals surface area contributed by atoms with Gasteiger partial charge in [-0.25, -0.2) is 26.1 Å². The van der Waals surface area contributed by atoms with E-state index in [0.717, 1.165) is 42.1 Å². The Kier molecular flexibility index (Phi) is 7.61. The van der Waals surface area contributed by atoms with Gasteiger partial charge in [-0.05, 0) is 37.1 Å². The fourth-order valence-corrected chi connectivity index (χ4v) is 4.62. The predicted octanol–water partition coefficient (Wildman–Crippen LogP) is 2.76. The normalized spacial score (nSPS) is 12.2. The summed E-state index contributed by atoms with van der Waals surface area (Å²) >= 11 is 0. The summed E-state index contributed by atoms with van der Waals surface area (Å²) in [6.07, 6.45) is 2.93. The number of nitrogens with one attached hydrogen (secondary N) is 1. The molecule has 1 aromatic carbocycles. The summed E-state index contributed by atoms with van der Waals surface area (Å²) in [5.41, 5.74) is 1.28. The minimum Gasteiger partial charge on any atom is -0.370 e. The van der Waals surface area contributed by atoms with Crippen LogP contribution < -0.4 is 9.62 Å². The Morgan fingerprint density at radius 3 is 2.07 bits per heavy atom. The standard InChI is InChI=1S/C19H28N4O4S2/c1-5-13-23(14-6-2)18-10-8-7-9-17(18)21-28(24,25)16-11-12-19(20-15-16)29(26,27)22(3)4/h7-12,15,21H,5-6,13-14H2,1-4H3. The Morgan fingerprint density at radius 1 is 0.931 bits per heavy atom. The maximum absolute atomic E-state index is 12.9. The first-order valence-corrected chi connectivity index (χ1v) is 12.3. The molecule has 2 aromatic rings. The third kappa shape index (κ3) is 5.46. The third-order valence-electron chi connectivity index (χ3n) is 4.24. The highest BCUT2D eigenvalue weighted by Gasteiger charge is 2.22. The SMILES string of the molecule is CCCN(CCC)c1ccccc1NS(=O)(=O)c1ccc(S(=O)(=O)N(C)C)nc1. The van der Waals surface area contributed by atoms with Gasteiger partial charge in [0.2, 0.25) is 0 Å². The van der Waals surface area contributed by atoms with Crippen LogP contribution in [-0.4, -0.2) is 53.3 Å². The maximum atomic E-state index is 12.9. The van der Waals surface area contributed by atoms with E-state index in [1.807, 2.05) is 12.1 Å². The van der Waals surface area contributed by atoms with Crippen molar-refractivity contribution in [1.82, 2.24) is 9.29 Å². The van der Waals surface area contributed by atoms with Gasteiger partial charge in [-0.1, -0.05) is 26.0 Å². The number of aromatic nitrogens is 1. The van der Waals surface area contributed by atoms with E-state index >= 15 is 0 Å². The third-order valence-corrected chi connectivity index (χ3v) is 7.32. The van der Waals surface area contributed by atoms with Crippen molar-refractivity contribution >= 4 is 31.4 Å². The number of benzene rings is 1. The molecule has 0 atom stereocenters. The fraction of sp³-hybridized carbons (Fsp3) is 0.421. The molecular formula is C19H28N4O4S2. The molecule has 2 rings (SSSR count). The Labute approximate surface area is 173 Å². The van der Waals surface area contributed by atoms with Crippen molar-refractivity contribution in [2.24, 2.45) is 0 Å². The first kappa shape index (κ1) is 23.1. The van der Waals surface area contributed by atoms with Gasteiger partial charge < -0.3 is 4.90 Å². The summed E-state index contributed by atoms with van der Waals surface area (Å²) in [5.74, 6) is 0. The summed E-state index contributed by atoms with van der Waals surface area (Å²) in [6.45, 7) is 5.77. The van der Waals surface area contributed by atoms with Crippen LogP contribution in [0.1, 0.15) is 26.7 Å². The predicted molar refractivity (Wildman–Crippen MR) is 115 cm³/mol. The lowest BCUT2D eigenvalue weighted by molar-refractivity contribution is 0.516. The van der Waals surface area contributed by atoms with Gasteiger partial charge in [0.25, 0.3) is 20.0 Å². The average molecular weight is 441 g/mol. The molecule has 0 aliphatic rings. The summed E-state index contributed by atoms with van der Waals surface area (Å²) in [7, 11) is -4.88. The maximum Gasteiger partial charge on any atom is 0.263 e. The van der Waals surface area contributed by atoms with Gasteiger partial charge in [-0.15, -0.1) is 0 Å². The first-order chi connectivity index (χ1) is 13.6. The van der Waals surface area contributed by atoms with Crippen molar-refractivity contribution in [3.63, 3.8) is 0 Å². The van der Waals surface area contributed by atoms with Crippen molar-refractivity contribution in [2.45, 2.75) is 36.6 Å². The van der Waals surface area contributed by atoms with E-state index in [1.165, 1.54) is 26.2 Å².